The monoisotopic (exact) mass is 490 g/mol. The van der Waals surface area contributed by atoms with Crippen molar-refractivity contribution < 1.29 is 14.3 Å². The molecular formula is C26H32Cl2N2O3. The summed E-state index contributed by atoms with van der Waals surface area (Å²) in [5.41, 5.74) is 1.49. The zero-order chi connectivity index (χ0) is 23.8. The zero-order valence-corrected chi connectivity index (χ0v) is 20.8. The van der Waals surface area contributed by atoms with Crippen LogP contribution in [0.5, 0.6) is 5.75 Å². The van der Waals surface area contributed by atoms with Crippen LogP contribution in [0.2, 0.25) is 10.0 Å². The fourth-order valence-corrected chi connectivity index (χ4v) is 4.88. The number of hydrogen-bond donors (Lipinski definition) is 1. The quantitative estimate of drug-likeness (QED) is 0.482. The minimum absolute atomic E-state index is 0.0296. The van der Waals surface area contributed by atoms with Crippen LogP contribution in [-0.4, -0.2) is 35.9 Å². The van der Waals surface area contributed by atoms with Gasteiger partial charge in [0.05, 0.1) is 13.5 Å². The molecule has 1 aliphatic rings. The number of methoxy groups -OCH3 is 1. The number of rotatable bonds is 9. The Morgan fingerprint density at radius 1 is 1.06 bits per heavy atom. The minimum Gasteiger partial charge on any atom is -0.497 e. The molecule has 1 fully saturated rings. The van der Waals surface area contributed by atoms with E-state index in [4.69, 9.17) is 27.9 Å². The molecule has 0 aliphatic heterocycles. The van der Waals surface area contributed by atoms with Crippen molar-refractivity contribution in [2.75, 3.05) is 7.11 Å². The van der Waals surface area contributed by atoms with Gasteiger partial charge in [-0.3, -0.25) is 9.59 Å². The van der Waals surface area contributed by atoms with E-state index in [9.17, 15) is 9.59 Å². The summed E-state index contributed by atoms with van der Waals surface area (Å²) >= 11 is 12.7. The van der Waals surface area contributed by atoms with Crippen LogP contribution in [0.25, 0.3) is 0 Å². The van der Waals surface area contributed by atoms with E-state index in [1.807, 2.05) is 31.2 Å². The van der Waals surface area contributed by atoms with Crippen molar-refractivity contribution in [1.29, 1.82) is 0 Å². The molecule has 1 aliphatic carbocycles. The van der Waals surface area contributed by atoms with E-state index in [-0.39, 0.29) is 24.3 Å². The number of nitrogens with one attached hydrogen (secondary N) is 1. The summed E-state index contributed by atoms with van der Waals surface area (Å²) in [4.78, 5) is 28.5. The highest BCUT2D eigenvalue weighted by molar-refractivity contribution is 6.36. The van der Waals surface area contributed by atoms with Crippen LogP contribution in [0.3, 0.4) is 0 Å². The molecule has 0 bridgehead atoms. The highest BCUT2D eigenvalue weighted by atomic mass is 35.5. The van der Waals surface area contributed by atoms with E-state index in [1.165, 1.54) is 6.42 Å². The highest BCUT2D eigenvalue weighted by Gasteiger charge is 2.31. The molecule has 0 heterocycles. The summed E-state index contributed by atoms with van der Waals surface area (Å²) in [6.07, 6.45) is 5.99. The Morgan fingerprint density at radius 3 is 2.27 bits per heavy atom. The third kappa shape index (κ3) is 6.87. The Labute approximate surface area is 206 Å². The summed E-state index contributed by atoms with van der Waals surface area (Å²) in [7, 11) is 1.61. The fourth-order valence-electron chi connectivity index (χ4n) is 4.35. The molecule has 1 atom stereocenters. The number of nitrogens with zero attached hydrogens (tertiary/aromatic N) is 1. The third-order valence-corrected chi connectivity index (χ3v) is 6.95. The number of ether oxygens (including phenoxy) is 1. The molecule has 2 aromatic rings. The Bertz CT molecular complexity index is 923. The lowest BCUT2D eigenvalue weighted by atomic mass is 9.95. The maximum absolute atomic E-state index is 13.5. The molecule has 1 saturated carbocycles. The van der Waals surface area contributed by atoms with Gasteiger partial charge in [0.1, 0.15) is 11.8 Å². The first kappa shape index (κ1) is 25.4. The molecule has 1 N–H and O–H groups in total. The summed E-state index contributed by atoms with van der Waals surface area (Å²) in [6, 6.07) is 12.3. The minimum atomic E-state index is -0.581. The average molecular weight is 491 g/mol. The first-order chi connectivity index (χ1) is 15.9. The van der Waals surface area contributed by atoms with Gasteiger partial charge in [0, 0.05) is 22.6 Å². The zero-order valence-electron chi connectivity index (χ0n) is 19.3. The Morgan fingerprint density at radius 2 is 1.70 bits per heavy atom. The van der Waals surface area contributed by atoms with Crippen LogP contribution in [-0.2, 0) is 22.6 Å². The molecule has 0 spiro atoms. The van der Waals surface area contributed by atoms with Crippen molar-refractivity contribution in [3.05, 3.63) is 63.6 Å². The van der Waals surface area contributed by atoms with E-state index in [1.54, 1.807) is 30.2 Å². The van der Waals surface area contributed by atoms with E-state index >= 15 is 0 Å². The number of benzene rings is 2. The first-order valence-electron chi connectivity index (χ1n) is 11.6. The topological polar surface area (TPSA) is 58.6 Å². The molecule has 0 unspecified atom stereocenters. The van der Waals surface area contributed by atoms with E-state index in [0.717, 1.165) is 37.0 Å². The molecule has 0 saturated heterocycles. The Hall–Kier alpha value is -2.24. The Balaban J connectivity index is 1.84. The maximum Gasteiger partial charge on any atom is 0.243 e. The first-order valence-corrected chi connectivity index (χ1v) is 12.3. The standard InChI is InChI=1S/C26H32Cl2N2O3/c1-3-24(26(32)29-19-8-5-4-6-9-19)30(17-18-12-14-20(33-2)15-13-18)25(31)16-21-22(27)10-7-11-23(21)28/h7,10-15,19,24H,3-6,8-9,16-17H2,1-2H3,(H,29,32)/t24-/m0/s1. The van der Waals surface area contributed by atoms with Gasteiger partial charge in [-0.15, -0.1) is 0 Å². The summed E-state index contributed by atoms with van der Waals surface area (Å²) in [5, 5.41) is 4.08. The molecule has 2 amide bonds. The van der Waals surface area contributed by atoms with Gasteiger partial charge in [0.15, 0.2) is 0 Å². The Kier molecular flexibility index (Phi) is 9.45. The lowest BCUT2D eigenvalue weighted by molar-refractivity contribution is -0.141. The molecule has 7 heteroatoms. The van der Waals surface area contributed by atoms with Crippen molar-refractivity contribution in [3.63, 3.8) is 0 Å². The predicted molar refractivity (Wildman–Crippen MR) is 133 cm³/mol. The number of carbonyl (C=O) groups excluding carboxylic acids is 2. The molecule has 178 valence electrons. The van der Waals surface area contributed by atoms with Crippen LogP contribution < -0.4 is 10.1 Å². The smallest absolute Gasteiger partial charge is 0.243 e. The van der Waals surface area contributed by atoms with Gasteiger partial charge in [-0.1, -0.05) is 67.6 Å². The molecule has 5 nitrogen and oxygen atoms in total. The second-order valence-corrected chi connectivity index (χ2v) is 9.33. The molecule has 0 aromatic heterocycles. The molecule has 2 aromatic carbocycles. The summed E-state index contributed by atoms with van der Waals surface area (Å²) in [6.45, 7) is 2.24. The van der Waals surface area contributed by atoms with Crippen molar-refractivity contribution in [3.8, 4) is 5.75 Å². The number of hydrogen-bond acceptors (Lipinski definition) is 3. The van der Waals surface area contributed by atoms with Gasteiger partial charge >= 0.3 is 0 Å². The van der Waals surface area contributed by atoms with Crippen LogP contribution in [0.4, 0.5) is 0 Å². The van der Waals surface area contributed by atoms with E-state index in [2.05, 4.69) is 5.32 Å². The van der Waals surface area contributed by atoms with Crippen LogP contribution in [0.15, 0.2) is 42.5 Å². The van der Waals surface area contributed by atoms with Crippen molar-refractivity contribution in [2.24, 2.45) is 0 Å². The van der Waals surface area contributed by atoms with Gasteiger partial charge in [0.25, 0.3) is 0 Å². The highest BCUT2D eigenvalue weighted by Crippen LogP contribution is 2.26. The SMILES string of the molecule is CC[C@@H](C(=O)NC1CCCCC1)N(Cc1ccc(OC)cc1)C(=O)Cc1c(Cl)cccc1Cl. The van der Waals surface area contributed by atoms with Crippen molar-refractivity contribution >= 4 is 35.0 Å². The lowest BCUT2D eigenvalue weighted by Crippen LogP contribution is -2.52. The lowest BCUT2D eigenvalue weighted by Gasteiger charge is -2.33. The van der Waals surface area contributed by atoms with Crippen LogP contribution in [0, 0.1) is 0 Å². The third-order valence-electron chi connectivity index (χ3n) is 6.24. The molecule has 33 heavy (non-hydrogen) atoms. The van der Waals surface area contributed by atoms with Gasteiger partial charge in [-0.2, -0.15) is 0 Å². The average Bonchev–Trinajstić information content (AvgIpc) is 2.82. The number of halogens is 2. The van der Waals surface area contributed by atoms with Gasteiger partial charge in [-0.05, 0) is 54.7 Å². The van der Waals surface area contributed by atoms with Gasteiger partial charge < -0.3 is 15.0 Å². The molecular weight excluding hydrogens is 459 g/mol. The van der Waals surface area contributed by atoms with Crippen molar-refractivity contribution in [2.45, 2.75) is 70.5 Å². The number of amides is 2. The van der Waals surface area contributed by atoms with Gasteiger partial charge in [0.2, 0.25) is 11.8 Å². The fraction of sp³-hybridized carbons (Fsp3) is 0.462. The number of carbonyl (C=O) groups is 2. The van der Waals surface area contributed by atoms with Gasteiger partial charge in [-0.25, -0.2) is 0 Å². The molecule has 0 radical (unpaired) electrons. The maximum atomic E-state index is 13.5. The van der Waals surface area contributed by atoms with Crippen molar-refractivity contribution in [1.82, 2.24) is 10.2 Å². The second kappa shape index (κ2) is 12.3. The largest absolute Gasteiger partial charge is 0.497 e. The van der Waals surface area contributed by atoms with Crippen LogP contribution >= 0.6 is 23.2 Å². The molecule has 3 rings (SSSR count). The predicted octanol–water partition coefficient (Wildman–Crippen LogP) is 5.80. The van der Waals surface area contributed by atoms with Crippen LogP contribution in [0.1, 0.15) is 56.6 Å². The van der Waals surface area contributed by atoms with E-state index in [0.29, 0.717) is 28.6 Å². The normalized spacial score (nSPS) is 15.0. The summed E-state index contributed by atoms with van der Waals surface area (Å²) in [5.74, 6) is 0.449. The summed E-state index contributed by atoms with van der Waals surface area (Å²) < 4.78 is 5.24. The van der Waals surface area contributed by atoms with E-state index < -0.39 is 6.04 Å². The second-order valence-electron chi connectivity index (χ2n) is 8.51.